The Bertz CT molecular complexity index is 731. The Labute approximate surface area is 163 Å². The Morgan fingerprint density at radius 1 is 1.00 bits per heavy atom. The molecule has 0 amide bonds. The summed E-state index contributed by atoms with van der Waals surface area (Å²) in [6.45, 7) is 2.77. The molecule has 0 aliphatic carbocycles. The number of carbonyl (C=O) groups is 3. The van der Waals surface area contributed by atoms with Gasteiger partial charge in [0.05, 0.1) is 6.61 Å². The summed E-state index contributed by atoms with van der Waals surface area (Å²) in [5.74, 6) is -2.50. The lowest BCUT2D eigenvalue weighted by Gasteiger charge is -2.16. The van der Waals surface area contributed by atoms with E-state index in [1.165, 1.54) is 0 Å². The highest BCUT2D eigenvalue weighted by Crippen LogP contribution is 2.27. The molecule has 1 saturated heterocycles. The molecule has 0 radical (unpaired) electrons. The summed E-state index contributed by atoms with van der Waals surface area (Å²) in [6.07, 6.45) is -3.58. The molecule has 4 atom stereocenters. The van der Waals surface area contributed by atoms with Gasteiger partial charge in [-0.1, -0.05) is 0 Å². The van der Waals surface area contributed by atoms with Crippen LogP contribution in [0.1, 0.15) is 27.0 Å². The van der Waals surface area contributed by atoms with Crippen LogP contribution in [0.15, 0.2) is 21.9 Å². The number of carboxylic acid groups (broad SMARTS) is 3. The predicted molar refractivity (Wildman–Crippen MR) is 94.3 cm³/mol. The topological polar surface area (TPSA) is 237 Å². The fraction of sp³-hybridized carbons (Fsp3) is 0.533. The number of hydrogen-bond acceptors (Lipinski definition) is 9. The zero-order valence-corrected chi connectivity index (χ0v) is 15.8. The third-order valence-corrected chi connectivity index (χ3v) is 2.64. The van der Waals surface area contributed by atoms with Crippen molar-refractivity contribution in [3.8, 4) is 0 Å². The highest BCUT2D eigenvalue weighted by atomic mass is 16.6. The lowest BCUT2D eigenvalue weighted by molar-refractivity contribution is -0.135. The van der Waals surface area contributed by atoms with Crippen LogP contribution in [0.4, 0.5) is 0 Å². The van der Waals surface area contributed by atoms with Crippen molar-refractivity contribution in [3.63, 3.8) is 0 Å². The van der Waals surface area contributed by atoms with Crippen LogP contribution in [0.5, 0.6) is 0 Å². The van der Waals surface area contributed by atoms with Crippen molar-refractivity contribution in [1.29, 1.82) is 0 Å². The number of aliphatic carboxylic acids is 3. The van der Waals surface area contributed by atoms with Crippen LogP contribution >= 0.6 is 0 Å². The van der Waals surface area contributed by atoms with Gasteiger partial charge in [0.25, 0.3) is 23.5 Å². The average Bonchev–Trinajstić information content (AvgIpc) is 2.81. The van der Waals surface area contributed by atoms with E-state index in [1.54, 1.807) is 0 Å². The molecule has 2 heterocycles. The van der Waals surface area contributed by atoms with Gasteiger partial charge >= 0.3 is 5.69 Å². The van der Waals surface area contributed by atoms with Gasteiger partial charge in [0.15, 0.2) is 6.23 Å². The van der Waals surface area contributed by atoms with Gasteiger partial charge in [-0.15, -0.1) is 0 Å². The van der Waals surface area contributed by atoms with Crippen molar-refractivity contribution < 1.29 is 49.8 Å². The molecule has 0 bridgehead atoms. The Morgan fingerprint density at radius 2 is 1.41 bits per heavy atom. The summed E-state index contributed by atoms with van der Waals surface area (Å²) in [5, 5.41) is 50.3. The molecule has 14 nitrogen and oxygen atoms in total. The van der Waals surface area contributed by atoms with Crippen molar-refractivity contribution in [1.82, 2.24) is 9.55 Å². The first-order chi connectivity index (χ1) is 13.2. The first kappa shape index (κ1) is 28.1. The number of aliphatic hydroxyl groups excluding tert-OH is 3. The van der Waals surface area contributed by atoms with Gasteiger partial charge in [-0.05, 0) is 0 Å². The van der Waals surface area contributed by atoms with Crippen LogP contribution in [-0.4, -0.2) is 83.0 Å². The maximum atomic E-state index is 11.4. The summed E-state index contributed by atoms with van der Waals surface area (Å²) in [4.78, 5) is 51.3. The second-order valence-electron chi connectivity index (χ2n) is 5.30. The average molecular weight is 424 g/mol. The van der Waals surface area contributed by atoms with Crippen molar-refractivity contribution in [2.75, 3.05) is 6.61 Å². The highest BCUT2D eigenvalue weighted by molar-refractivity contribution is 5.63. The molecule has 7 N–H and O–H groups in total. The van der Waals surface area contributed by atoms with Gasteiger partial charge in [0.2, 0.25) is 0 Å². The number of carboxylic acids is 3. The van der Waals surface area contributed by atoms with Crippen molar-refractivity contribution in [2.24, 2.45) is 0 Å². The minimum absolute atomic E-state index is 0.479. The van der Waals surface area contributed by atoms with E-state index >= 15 is 0 Å². The first-order valence-electron chi connectivity index (χ1n) is 7.77. The number of rotatable bonds is 2. The van der Waals surface area contributed by atoms with Crippen LogP contribution in [0.25, 0.3) is 0 Å². The van der Waals surface area contributed by atoms with Gasteiger partial charge in [0, 0.05) is 33.0 Å². The number of ether oxygens (including phenoxy) is 1. The molecular formula is C15H24N2O12. The summed E-state index contributed by atoms with van der Waals surface area (Å²) in [5.41, 5.74) is -1.33. The zero-order valence-electron chi connectivity index (χ0n) is 15.8. The molecule has 0 saturated carbocycles. The van der Waals surface area contributed by atoms with E-state index in [9.17, 15) is 19.8 Å². The largest absolute Gasteiger partial charge is 0.481 e. The third-order valence-electron chi connectivity index (χ3n) is 2.64. The number of aromatic nitrogens is 2. The Balaban J connectivity index is 0. The van der Waals surface area contributed by atoms with Gasteiger partial charge in [-0.2, -0.15) is 0 Å². The molecule has 166 valence electrons. The summed E-state index contributed by atoms with van der Waals surface area (Å²) in [6, 6.07) is 1.09. The molecule has 0 unspecified atom stereocenters. The van der Waals surface area contributed by atoms with Gasteiger partial charge < -0.3 is 35.4 Å². The van der Waals surface area contributed by atoms with Crippen LogP contribution in [0.3, 0.4) is 0 Å². The molecule has 29 heavy (non-hydrogen) atoms. The molecule has 1 aliphatic heterocycles. The number of nitrogens with one attached hydrogen (secondary N) is 1. The fourth-order valence-corrected chi connectivity index (χ4v) is 1.74. The Morgan fingerprint density at radius 3 is 1.72 bits per heavy atom. The maximum absolute atomic E-state index is 11.4. The van der Waals surface area contributed by atoms with Gasteiger partial charge in [-0.3, -0.25) is 28.7 Å². The quantitative estimate of drug-likeness (QED) is 0.259. The summed E-state index contributed by atoms with van der Waals surface area (Å²) < 4.78 is 6.08. The van der Waals surface area contributed by atoms with Crippen molar-refractivity contribution >= 4 is 17.9 Å². The minimum atomic E-state index is -1.35. The van der Waals surface area contributed by atoms with Crippen molar-refractivity contribution in [2.45, 2.75) is 45.3 Å². The van der Waals surface area contributed by atoms with E-state index in [1.807, 2.05) is 4.98 Å². The first-order valence-corrected chi connectivity index (χ1v) is 7.77. The lowest BCUT2D eigenvalue weighted by Crippen LogP contribution is -2.37. The molecule has 14 heteroatoms. The third kappa shape index (κ3) is 12.9. The molecule has 2 rings (SSSR count). The molecule has 0 spiro atoms. The van der Waals surface area contributed by atoms with Crippen molar-refractivity contribution in [3.05, 3.63) is 33.1 Å². The van der Waals surface area contributed by atoms with E-state index in [4.69, 9.17) is 39.5 Å². The maximum Gasteiger partial charge on any atom is 0.330 e. The smallest absolute Gasteiger partial charge is 0.330 e. The van der Waals surface area contributed by atoms with E-state index in [0.29, 0.717) is 0 Å². The summed E-state index contributed by atoms with van der Waals surface area (Å²) >= 11 is 0. The van der Waals surface area contributed by atoms with E-state index in [-0.39, 0.29) is 0 Å². The molecule has 1 aromatic heterocycles. The summed E-state index contributed by atoms with van der Waals surface area (Å²) in [7, 11) is 0. The number of aliphatic hydroxyl groups is 3. The molecule has 1 fully saturated rings. The monoisotopic (exact) mass is 424 g/mol. The standard InChI is InChI=1S/C9H12N2O6.3C2H4O2/c12-3-4-6(14)7(15)8(17-4)11-2-1-5(13)10-9(11)16;3*1-2(3)4/h1-2,4,6-8,12,14-15H,3H2,(H,10,13,16);3*1H3,(H,3,4)/t4-,6-,7-,8-;;;/m1.../s1. The SMILES string of the molecule is CC(=O)O.CC(=O)O.CC(=O)O.O=c1ccn([C@@H]2O[C@H](CO)[C@@H](O)[C@H]2O)c(=O)[nH]1. The number of nitrogens with zero attached hydrogens (tertiary/aromatic N) is 1. The number of H-pyrrole nitrogens is 1. The Hall–Kier alpha value is -3.07. The number of aromatic amines is 1. The highest BCUT2D eigenvalue weighted by Gasteiger charge is 2.43. The van der Waals surface area contributed by atoms with Crippen LogP contribution in [0, 0.1) is 0 Å². The zero-order chi connectivity index (χ0) is 23.3. The second kappa shape index (κ2) is 14.0. The van der Waals surface area contributed by atoms with E-state index < -0.39 is 60.3 Å². The van der Waals surface area contributed by atoms with Crippen LogP contribution in [0.2, 0.25) is 0 Å². The molecular weight excluding hydrogens is 400 g/mol. The van der Waals surface area contributed by atoms with Gasteiger partial charge in [0.1, 0.15) is 18.3 Å². The van der Waals surface area contributed by atoms with Crippen LogP contribution in [-0.2, 0) is 19.1 Å². The van der Waals surface area contributed by atoms with E-state index in [2.05, 4.69) is 0 Å². The van der Waals surface area contributed by atoms with E-state index in [0.717, 1.165) is 37.6 Å². The molecule has 0 aromatic carbocycles. The Kier molecular flexibility index (Phi) is 13.6. The lowest BCUT2D eigenvalue weighted by atomic mass is 10.1. The normalized spacial score (nSPS) is 21.9. The molecule has 1 aromatic rings. The van der Waals surface area contributed by atoms with Crippen LogP contribution < -0.4 is 11.2 Å². The fourth-order valence-electron chi connectivity index (χ4n) is 1.74. The second-order valence-corrected chi connectivity index (χ2v) is 5.30. The molecule has 1 aliphatic rings. The number of hydrogen-bond donors (Lipinski definition) is 7. The van der Waals surface area contributed by atoms with Gasteiger partial charge in [-0.25, -0.2) is 4.79 Å². The predicted octanol–water partition coefficient (Wildman–Crippen LogP) is -2.58. The minimum Gasteiger partial charge on any atom is -0.481 e.